The van der Waals surface area contributed by atoms with E-state index in [-0.39, 0.29) is 17.5 Å². The number of esters is 1. The van der Waals surface area contributed by atoms with E-state index in [0.29, 0.717) is 49.2 Å². The van der Waals surface area contributed by atoms with Gasteiger partial charge in [-0.1, -0.05) is 26.3 Å². The average molecular weight is 546 g/mol. The Morgan fingerprint density at radius 2 is 1.97 bits per heavy atom. The molecule has 6 nitrogen and oxygen atoms in total. The fourth-order valence-electron chi connectivity index (χ4n) is 8.10. The SMILES string of the molecule is CCCCS(=O)CCC[C@@H]1Cc2cc(OC(=O)CN3CCOCC3)ccc2[C@H]2CC[C@]3(C)[C@@H](O)CC[C@H]3[C@H]12. The third-order valence-electron chi connectivity index (χ3n) is 10.2. The molecule has 7 heteroatoms. The predicted molar refractivity (Wildman–Crippen MR) is 151 cm³/mol. The van der Waals surface area contributed by atoms with E-state index in [4.69, 9.17) is 9.47 Å². The molecule has 1 aromatic rings. The Balaban J connectivity index is 1.31. The van der Waals surface area contributed by atoms with Crippen LogP contribution in [0, 0.1) is 23.2 Å². The summed E-state index contributed by atoms with van der Waals surface area (Å²) in [5.74, 6) is 4.19. The first-order valence-corrected chi connectivity index (χ1v) is 16.5. The maximum absolute atomic E-state index is 12.7. The van der Waals surface area contributed by atoms with Crippen LogP contribution in [0.25, 0.3) is 0 Å². The lowest BCUT2D eigenvalue weighted by Crippen LogP contribution is -2.47. The summed E-state index contributed by atoms with van der Waals surface area (Å²) in [5.41, 5.74) is 2.77. The minimum absolute atomic E-state index is 0.0236. The van der Waals surface area contributed by atoms with Crippen molar-refractivity contribution >= 4 is 16.8 Å². The molecule has 5 rings (SSSR count). The van der Waals surface area contributed by atoms with Crippen LogP contribution in [0.2, 0.25) is 0 Å². The lowest BCUT2D eigenvalue weighted by atomic mass is 9.52. The molecule has 0 amide bonds. The third kappa shape index (κ3) is 6.06. The van der Waals surface area contributed by atoms with Gasteiger partial charge in [0.1, 0.15) is 5.75 Å². The number of hydrogen-bond acceptors (Lipinski definition) is 6. The summed E-state index contributed by atoms with van der Waals surface area (Å²) in [6, 6.07) is 6.32. The van der Waals surface area contributed by atoms with Crippen LogP contribution in [0.3, 0.4) is 0 Å². The van der Waals surface area contributed by atoms with Crippen molar-refractivity contribution in [1.82, 2.24) is 4.90 Å². The standard InChI is InChI=1S/C31H47NO5S/c1-3-4-17-38(35)18-5-6-22-19-23-20-24(37-29(34)21-32-13-15-36-16-14-32)7-8-25(23)26-11-12-31(2)27(30(22)26)9-10-28(31)33/h7-8,20,22,26-28,30,33H,3-6,9-19,21H2,1-2H3/t22-,26-,27+,28+,30-,31+,38?/m1/s1. The Morgan fingerprint density at radius 1 is 1.18 bits per heavy atom. The number of hydrogen-bond donors (Lipinski definition) is 1. The first-order valence-electron chi connectivity index (χ1n) is 15.1. The van der Waals surface area contributed by atoms with E-state index >= 15 is 0 Å². The molecule has 38 heavy (non-hydrogen) atoms. The first-order chi connectivity index (χ1) is 18.4. The molecule has 2 saturated carbocycles. The Kier molecular flexibility index (Phi) is 9.29. The van der Waals surface area contributed by atoms with Crippen LogP contribution < -0.4 is 4.74 Å². The molecule has 1 N–H and O–H groups in total. The lowest BCUT2D eigenvalue weighted by molar-refractivity contribution is -0.136. The number of ether oxygens (including phenoxy) is 2. The second-order valence-corrected chi connectivity index (χ2v) is 14.2. The Morgan fingerprint density at radius 3 is 2.76 bits per heavy atom. The fraction of sp³-hybridized carbons (Fsp3) is 0.774. The lowest BCUT2D eigenvalue weighted by Gasteiger charge is -2.53. The second kappa shape index (κ2) is 12.5. The Bertz CT molecular complexity index is 994. The van der Waals surface area contributed by atoms with Gasteiger partial charge in [0.05, 0.1) is 25.9 Å². The van der Waals surface area contributed by atoms with Crippen LogP contribution in [0.4, 0.5) is 0 Å². The highest BCUT2D eigenvalue weighted by molar-refractivity contribution is 7.84. The van der Waals surface area contributed by atoms with Gasteiger partial charge in [0.2, 0.25) is 0 Å². The molecule has 4 aliphatic rings. The van der Waals surface area contributed by atoms with Crippen LogP contribution in [0.15, 0.2) is 18.2 Å². The maximum Gasteiger partial charge on any atom is 0.325 e. The van der Waals surface area contributed by atoms with Crippen LogP contribution >= 0.6 is 0 Å². The Labute approximate surface area is 231 Å². The zero-order chi connectivity index (χ0) is 26.7. The quantitative estimate of drug-likeness (QED) is 0.339. The zero-order valence-electron chi connectivity index (χ0n) is 23.4. The summed E-state index contributed by atoms with van der Waals surface area (Å²) >= 11 is 0. The minimum atomic E-state index is -0.722. The molecule has 3 aliphatic carbocycles. The van der Waals surface area contributed by atoms with E-state index in [0.717, 1.165) is 82.4 Å². The van der Waals surface area contributed by atoms with Crippen molar-refractivity contribution in [2.45, 2.75) is 83.7 Å². The normalized spacial score (nSPS) is 33.7. The molecule has 1 aromatic carbocycles. The predicted octanol–water partition coefficient (Wildman–Crippen LogP) is 4.70. The van der Waals surface area contributed by atoms with Gasteiger partial charge in [-0.2, -0.15) is 0 Å². The van der Waals surface area contributed by atoms with Crippen LogP contribution in [-0.2, 0) is 26.8 Å². The summed E-state index contributed by atoms with van der Waals surface area (Å²) < 4.78 is 23.7. The number of carbonyl (C=O) groups is 1. The molecular formula is C31H47NO5S. The van der Waals surface area contributed by atoms with Crippen molar-refractivity contribution in [2.75, 3.05) is 44.4 Å². The number of unbranched alkanes of at least 4 members (excludes halogenated alkanes) is 1. The molecule has 1 saturated heterocycles. The minimum Gasteiger partial charge on any atom is -0.426 e. The molecule has 0 radical (unpaired) electrons. The summed E-state index contributed by atoms with van der Waals surface area (Å²) in [4.78, 5) is 14.7. The third-order valence-corrected chi connectivity index (χ3v) is 11.7. The van der Waals surface area contributed by atoms with Crippen LogP contribution in [-0.4, -0.2) is 70.6 Å². The number of rotatable bonds is 10. The van der Waals surface area contributed by atoms with Gasteiger partial charge in [0.15, 0.2) is 0 Å². The molecule has 1 heterocycles. The number of benzene rings is 1. The van der Waals surface area contributed by atoms with Gasteiger partial charge in [-0.15, -0.1) is 0 Å². The number of morpholine rings is 1. The summed E-state index contributed by atoms with van der Waals surface area (Å²) in [6.45, 7) is 7.64. The molecule has 3 fully saturated rings. The van der Waals surface area contributed by atoms with Gasteiger partial charge in [0.25, 0.3) is 0 Å². The van der Waals surface area contributed by atoms with E-state index in [1.807, 2.05) is 6.07 Å². The van der Waals surface area contributed by atoms with E-state index in [2.05, 4.69) is 30.9 Å². The van der Waals surface area contributed by atoms with E-state index in [1.165, 1.54) is 11.1 Å². The van der Waals surface area contributed by atoms with E-state index in [9.17, 15) is 14.1 Å². The van der Waals surface area contributed by atoms with Crippen molar-refractivity contribution in [1.29, 1.82) is 0 Å². The van der Waals surface area contributed by atoms with Crippen molar-refractivity contribution in [3.8, 4) is 5.75 Å². The largest absolute Gasteiger partial charge is 0.426 e. The molecule has 1 aliphatic heterocycles. The summed E-state index contributed by atoms with van der Waals surface area (Å²) in [7, 11) is -0.722. The van der Waals surface area contributed by atoms with Gasteiger partial charge in [-0.3, -0.25) is 13.9 Å². The molecule has 1 unspecified atom stereocenters. The monoisotopic (exact) mass is 545 g/mol. The first kappa shape index (κ1) is 28.3. The number of carbonyl (C=O) groups excluding carboxylic acids is 1. The molecule has 0 bridgehead atoms. The second-order valence-electron chi connectivity index (χ2n) is 12.5. The highest BCUT2D eigenvalue weighted by Gasteiger charge is 2.56. The van der Waals surface area contributed by atoms with Gasteiger partial charge >= 0.3 is 5.97 Å². The average Bonchev–Trinajstić information content (AvgIpc) is 3.21. The molecule has 0 spiro atoms. The van der Waals surface area contributed by atoms with E-state index in [1.54, 1.807) is 0 Å². The molecular weight excluding hydrogens is 498 g/mol. The fourth-order valence-corrected chi connectivity index (χ4v) is 9.41. The number of nitrogens with zero attached hydrogens (tertiary/aromatic N) is 1. The van der Waals surface area contributed by atoms with Crippen LogP contribution in [0.1, 0.15) is 82.3 Å². The van der Waals surface area contributed by atoms with Crippen molar-refractivity contribution < 1.29 is 23.6 Å². The van der Waals surface area contributed by atoms with Crippen LogP contribution in [0.5, 0.6) is 5.75 Å². The smallest absolute Gasteiger partial charge is 0.325 e. The number of aliphatic hydroxyl groups excluding tert-OH is 1. The summed E-state index contributed by atoms with van der Waals surface area (Å²) in [6.07, 6.45) is 9.23. The molecule has 0 aromatic heterocycles. The topological polar surface area (TPSA) is 76.1 Å². The zero-order valence-corrected chi connectivity index (χ0v) is 24.2. The van der Waals surface area contributed by atoms with Crippen molar-refractivity contribution in [2.24, 2.45) is 23.2 Å². The maximum atomic E-state index is 12.7. The Hall–Kier alpha value is -1.28. The van der Waals surface area contributed by atoms with E-state index < -0.39 is 10.8 Å². The molecule has 212 valence electrons. The van der Waals surface area contributed by atoms with Crippen molar-refractivity contribution in [3.63, 3.8) is 0 Å². The van der Waals surface area contributed by atoms with Crippen molar-refractivity contribution in [3.05, 3.63) is 29.3 Å². The number of fused-ring (bicyclic) bond motifs is 5. The van der Waals surface area contributed by atoms with Gasteiger partial charge in [-0.25, -0.2) is 0 Å². The molecule has 7 atom stereocenters. The number of aliphatic hydroxyl groups is 1. The highest BCUT2D eigenvalue weighted by Crippen LogP contribution is 2.62. The highest BCUT2D eigenvalue weighted by atomic mass is 32.2. The summed E-state index contributed by atoms with van der Waals surface area (Å²) in [5, 5.41) is 10.9. The van der Waals surface area contributed by atoms with Gasteiger partial charge < -0.3 is 14.6 Å². The van der Waals surface area contributed by atoms with Gasteiger partial charge in [-0.05, 0) is 104 Å². The van der Waals surface area contributed by atoms with Gasteiger partial charge in [0, 0.05) is 35.4 Å².